The van der Waals surface area contributed by atoms with Crippen molar-refractivity contribution in [3.8, 4) is 0 Å². The zero-order valence-corrected chi connectivity index (χ0v) is 11.4. The molecule has 1 fully saturated rings. The van der Waals surface area contributed by atoms with Crippen molar-refractivity contribution < 1.29 is 13.2 Å². The third-order valence-corrected chi connectivity index (χ3v) is 4.16. The molecule has 16 heavy (non-hydrogen) atoms. The van der Waals surface area contributed by atoms with Crippen molar-refractivity contribution in [2.75, 3.05) is 25.9 Å². The van der Waals surface area contributed by atoms with Crippen LogP contribution in [0, 0.1) is 0 Å². The summed E-state index contributed by atoms with van der Waals surface area (Å²) in [6, 6.07) is 0.231. The number of sulfone groups is 1. The maximum Gasteiger partial charge on any atom is 0.240 e. The van der Waals surface area contributed by atoms with Crippen molar-refractivity contribution in [1.29, 1.82) is 0 Å². The molecule has 1 amide bonds. The van der Waals surface area contributed by atoms with Crippen molar-refractivity contribution in [2.24, 2.45) is 0 Å². The fraction of sp³-hybridized carbons (Fsp3) is 0.889. The number of halogens is 1. The van der Waals surface area contributed by atoms with Crippen molar-refractivity contribution in [1.82, 2.24) is 10.2 Å². The van der Waals surface area contributed by atoms with Crippen molar-refractivity contribution >= 4 is 28.2 Å². The quantitative estimate of drug-likeness (QED) is 0.746. The van der Waals surface area contributed by atoms with Gasteiger partial charge in [-0.15, -0.1) is 12.4 Å². The number of hydrogen-bond donors (Lipinski definition) is 1. The normalized spacial score (nSPS) is 23.4. The van der Waals surface area contributed by atoms with E-state index in [0.717, 1.165) is 12.8 Å². The molecule has 1 heterocycles. The molecular weight excluding hydrogens is 252 g/mol. The van der Waals surface area contributed by atoms with Gasteiger partial charge in [-0.25, -0.2) is 8.42 Å². The largest absolute Gasteiger partial charge is 0.339 e. The van der Waals surface area contributed by atoms with Gasteiger partial charge < -0.3 is 10.2 Å². The van der Waals surface area contributed by atoms with Gasteiger partial charge in [-0.05, 0) is 13.8 Å². The minimum Gasteiger partial charge on any atom is -0.339 e. The highest BCUT2D eigenvalue weighted by Crippen LogP contribution is 2.07. The molecule has 0 aromatic carbocycles. The van der Waals surface area contributed by atoms with Crippen molar-refractivity contribution in [2.45, 2.75) is 25.1 Å². The molecule has 0 aromatic rings. The molecule has 2 atom stereocenters. The Morgan fingerprint density at radius 1 is 1.50 bits per heavy atom. The Hall–Kier alpha value is -0.330. The minimum atomic E-state index is -3.28. The van der Waals surface area contributed by atoms with Crippen LogP contribution in [0.2, 0.25) is 0 Å². The van der Waals surface area contributed by atoms with E-state index in [1.54, 1.807) is 4.90 Å². The predicted molar refractivity (Wildman–Crippen MR) is 65.6 cm³/mol. The van der Waals surface area contributed by atoms with Gasteiger partial charge in [0.1, 0.15) is 5.25 Å². The minimum absolute atomic E-state index is 0. The van der Waals surface area contributed by atoms with Gasteiger partial charge >= 0.3 is 0 Å². The Bertz CT molecular complexity index is 345. The molecule has 1 unspecified atom stereocenters. The molecule has 1 aliphatic rings. The summed E-state index contributed by atoms with van der Waals surface area (Å²) < 4.78 is 22.5. The topological polar surface area (TPSA) is 66.5 Å². The first-order valence-electron chi connectivity index (χ1n) is 5.03. The first kappa shape index (κ1) is 15.7. The van der Waals surface area contributed by atoms with Crippen LogP contribution < -0.4 is 5.32 Å². The van der Waals surface area contributed by atoms with Gasteiger partial charge in [0.05, 0.1) is 0 Å². The molecule has 0 spiro atoms. The lowest BCUT2D eigenvalue weighted by Gasteiger charge is -2.33. The molecule has 7 heteroatoms. The molecular formula is C9H19ClN2O3S. The van der Waals surface area contributed by atoms with Crippen LogP contribution in [-0.2, 0) is 14.6 Å². The van der Waals surface area contributed by atoms with Crippen LogP contribution in [0.4, 0.5) is 0 Å². The molecule has 0 radical (unpaired) electrons. The SMILES string of the molecule is CC(C(=O)N1CCN[C@@H](C)C1)S(C)(=O)=O.Cl. The molecule has 96 valence electrons. The second kappa shape index (κ2) is 5.84. The van der Waals surface area contributed by atoms with E-state index in [9.17, 15) is 13.2 Å². The molecule has 5 nitrogen and oxygen atoms in total. The lowest BCUT2D eigenvalue weighted by Crippen LogP contribution is -2.54. The molecule has 1 aliphatic heterocycles. The summed E-state index contributed by atoms with van der Waals surface area (Å²) in [5.74, 6) is -0.286. The van der Waals surface area contributed by atoms with Gasteiger partial charge in [-0.1, -0.05) is 0 Å². The van der Waals surface area contributed by atoms with Crippen LogP contribution >= 0.6 is 12.4 Å². The third-order valence-electron chi connectivity index (χ3n) is 2.67. The second-order valence-electron chi connectivity index (χ2n) is 4.11. The first-order chi connectivity index (χ1) is 6.82. The van der Waals surface area contributed by atoms with E-state index < -0.39 is 15.1 Å². The zero-order valence-electron chi connectivity index (χ0n) is 9.76. The average molecular weight is 271 g/mol. The van der Waals surface area contributed by atoms with Gasteiger partial charge in [0.25, 0.3) is 0 Å². The van der Waals surface area contributed by atoms with E-state index in [4.69, 9.17) is 0 Å². The highest BCUT2D eigenvalue weighted by Gasteiger charge is 2.30. The predicted octanol–water partition coefficient (Wildman–Crippen LogP) is -0.338. The van der Waals surface area contributed by atoms with Crippen LogP contribution in [0.15, 0.2) is 0 Å². The van der Waals surface area contributed by atoms with Crippen LogP contribution in [-0.4, -0.2) is 56.4 Å². The van der Waals surface area contributed by atoms with Gasteiger partial charge in [0.2, 0.25) is 5.91 Å². The maximum atomic E-state index is 11.8. The van der Waals surface area contributed by atoms with E-state index in [1.807, 2.05) is 6.92 Å². The number of piperazine rings is 1. The highest BCUT2D eigenvalue weighted by atomic mass is 35.5. The zero-order chi connectivity index (χ0) is 11.6. The third kappa shape index (κ3) is 3.92. The molecule has 1 saturated heterocycles. The number of hydrogen-bond acceptors (Lipinski definition) is 4. The first-order valence-corrected chi connectivity index (χ1v) is 6.99. The maximum absolute atomic E-state index is 11.8. The Balaban J connectivity index is 0.00000225. The van der Waals surface area contributed by atoms with Crippen LogP contribution in [0.25, 0.3) is 0 Å². The van der Waals surface area contributed by atoms with E-state index in [2.05, 4.69) is 5.32 Å². The van der Waals surface area contributed by atoms with E-state index in [1.165, 1.54) is 6.92 Å². The molecule has 1 rings (SSSR count). The summed E-state index contributed by atoms with van der Waals surface area (Å²) in [4.78, 5) is 13.4. The molecule has 0 saturated carbocycles. The van der Waals surface area contributed by atoms with Crippen LogP contribution in [0.3, 0.4) is 0 Å². The standard InChI is InChI=1S/C9H18N2O3S.ClH/c1-7-6-11(5-4-10-7)9(12)8(2)15(3,13)14;/h7-8,10H,4-6H2,1-3H3;1H/t7-,8?;/m0./s1. The van der Waals surface area contributed by atoms with E-state index in [0.29, 0.717) is 13.1 Å². The van der Waals surface area contributed by atoms with Gasteiger partial charge in [0.15, 0.2) is 9.84 Å². The van der Waals surface area contributed by atoms with E-state index in [-0.39, 0.29) is 24.4 Å². The summed E-state index contributed by atoms with van der Waals surface area (Å²) in [5, 5.41) is 2.27. The summed E-state index contributed by atoms with van der Waals surface area (Å²) in [6.07, 6.45) is 1.10. The number of rotatable bonds is 2. The fourth-order valence-corrected chi connectivity index (χ4v) is 2.09. The Morgan fingerprint density at radius 3 is 2.50 bits per heavy atom. The number of carbonyl (C=O) groups is 1. The highest BCUT2D eigenvalue weighted by molar-refractivity contribution is 7.92. The number of nitrogens with one attached hydrogen (secondary N) is 1. The molecule has 0 bridgehead atoms. The summed E-state index contributed by atoms with van der Waals surface area (Å²) in [6.45, 7) is 5.32. The monoisotopic (exact) mass is 270 g/mol. The number of nitrogens with zero attached hydrogens (tertiary/aromatic N) is 1. The smallest absolute Gasteiger partial charge is 0.240 e. The molecule has 0 aliphatic carbocycles. The molecule has 0 aromatic heterocycles. The molecule has 1 N–H and O–H groups in total. The van der Waals surface area contributed by atoms with Crippen molar-refractivity contribution in [3.63, 3.8) is 0 Å². The Kier molecular flexibility index (Phi) is 5.72. The number of amides is 1. The summed E-state index contributed by atoms with van der Waals surface area (Å²) in [5.41, 5.74) is 0. The lowest BCUT2D eigenvalue weighted by atomic mass is 10.2. The average Bonchev–Trinajstić information content (AvgIpc) is 2.14. The van der Waals surface area contributed by atoms with Crippen molar-refractivity contribution in [3.05, 3.63) is 0 Å². The van der Waals surface area contributed by atoms with Gasteiger partial charge in [-0.3, -0.25) is 4.79 Å². The van der Waals surface area contributed by atoms with Gasteiger partial charge in [0, 0.05) is 31.9 Å². The lowest BCUT2D eigenvalue weighted by molar-refractivity contribution is -0.131. The number of carbonyl (C=O) groups excluding carboxylic acids is 1. The fourth-order valence-electron chi connectivity index (χ4n) is 1.57. The van der Waals surface area contributed by atoms with Gasteiger partial charge in [-0.2, -0.15) is 0 Å². The van der Waals surface area contributed by atoms with Crippen LogP contribution in [0.1, 0.15) is 13.8 Å². The van der Waals surface area contributed by atoms with E-state index >= 15 is 0 Å². The summed E-state index contributed by atoms with van der Waals surface area (Å²) >= 11 is 0. The second-order valence-corrected chi connectivity index (χ2v) is 6.48. The Morgan fingerprint density at radius 2 is 2.06 bits per heavy atom. The van der Waals surface area contributed by atoms with Crippen LogP contribution in [0.5, 0.6) is 0 Å². The Labute approximate surface area is 103 Å². The summed E-state index contributed by atoms with van der Waals surface area (Å²) in [7, 11) is -3.28.